The van der Waals surface area contributed by atoms with E-state index < -0.39 is 5.97 Å². The van der Waals surface area contributed by atoms with Crippen molar-refractivity contribution in [2.45, 2.75) is 13.0 Å². The van der Waals surface area contributed by atoms with Gasteiger partial charge in [-0.05, 0) is 53.9 Å². The average Bonchev–Trinajstić information content (AvgIpc) is 2.73. The van der Waals surface area contributed by atoms with Crippen LogP contribution in [-0.4, -0.2) is 18.2 Å². The van der Waals surface area contributed by atoms with Crippen LogP contribution in [0.25, 0.3) is 6.08 Å². The predicted octanol–water partition coefficient (Wildman–Crippen LogP) is 6.54. The van der Waals surface area contributed by atoms with Crippen LogP contribution in [0, 0.1) is 0 Å². The van der Waals surface area contributed by atoms with Gasteiger partial charge in [0.15, 0.2) is 0 Å². The molecule has 0 bridgehead atoms. The maximum Gasteiger partial charge on any atom is 0.335 e. The molecule has 3 rings (SSSR count). The minimum Gasteiger partial charge on any atom is -0.497 e. The first-order valence-electron chi connectivity index (χ1n) is 9.20. The van der Waals surface area contributed by atoms with Crippen molar-refractivity contribution >= 4 is 35.2 Å². The molecule has 1 N–H and O–H groups in total. The monoisotopic (exact) mass is 442 g/mol. The molecule has 0 fully saturated rings. The van der Waals surface area contributed by atoms with Crippen molar-refractivity contribution in [2.75, 3.05) is 7.11 Å². The maximum absolute atomic E-state index is 11.0. The highest BCUT2D eigenvalue weighted by Crippen LogP contribution is 2.34. The van der Waals surface area contributed by atoms with Gasteiger partial charge in [-0.25, -0.2) is 4.79 Å². The van der Waals surface area contributed by atoms with Gasteiger partial charge in [0.1, 0.15) is 18.1 Å². The van der Waals surface area contributed by atoms with Crippen LogP contribution in [0.4, 0.5) is 0 Å². The summed E-state index contributed by atoms with van der Waals surface area (Å²) in [7, 11) is 1.62. The molecule has 0 aromatic heterocycles. The van der Waals surface area contributed by atoms with E-state index in [-0.39, 0.29) is 5.56 Å². The van der Waals surface area contributed by atoms with E-state index in [4.69, 9.17) is 37.8 Å². The first-order chi connectivity index (χ1) is 14.5. The van der Waals surface area contributed by atoms with Gasteiger partial charge in [0, 0.05) is 10.6 Å². The van der Waals surface area contributed by atoms with Crippen molar-refractivity contribution in [3.63, 3.8) is 0 Å². The Labute approximate surface area is 185 Å². The van der Waals surface area contributed by atoms with Crippen LogP contribution in [0.1, 0.15) is 27.0 Å². The van der Waals surface area contributed by atoms with Gasteiger partial charge >= 0.3 is 5.97 Å². The molecular weight excluding hydrogens is 423 g/mol. The van der Waals surface area contributed by atoms with Crippen LogP contribution in [0.2, 0.25) is 10.0 Å². The Hall–Kier alpha value is -2.95. The molecule has 0 radical (unpaired) electrons. The Morgan fingerprint density at radius 3 is 2.50 bits per heavy atom. The van der Waals surface area contributed by atoms with Gasteiger partial charge < -0.3 is 14.6 Å². The van der Waals surface area contributed by atoms with Crippen LogP contribution < -0.4 is 9.47 Å². The summed E-state index contributed by atoms with van der Waals surface area (Å²) in [5, 5.41) is 9.93. The van der Waals surface area contributed by atoms with Gasteiger partial charge in [-0.3, -0.25) is 0 Å². The third kappa shape index (κ3) is 5.78. The van der Waals surface area contributed by atoms with Crippen LogP contribution >= 0.6 is 23.2 Å². The number of halogens is 2. The molecule has 0 amide bonds. The van der Waals surface area contributed by atoms with Crippen LogP contribution in [0.15, 0.2) is 66.7 Å². The summed E-state index contributed by atoms with van der Waals surface area (Å²) in [6, 6.07) is 17.8. The van der Waals surface area contributed by atoms with Gasteiger partial charge in [0.25, 0.3) is 0 Å². The zero-order valence-corrected chi connectivity index (χ0v) is 17.8. The summed E-state index contributed by atoms with van der Waals surface area (Å²) in [4.78, 5) is 11.0. The SMILES string of the molecule is COc1cccc(COc2c(Cl)cc(Cl)cc2/C=C/Cc2ccc(C(=O)O)cc2)c1. The molecule has 0 aliphatic carbocycles. The van der Waals surface area contributed by atoms with E-state index >= 15 is 0 Å². The molecule has 0 aliphatic heterocycles. The molecule has 0 aliphatic rings. The van der Waals surface area contributed by atoms with Gasteiger partial charge in [0.2, 0.25) is 0 Å². The Kier molecular flexibility index (Phi) is 7.39. The predicted molar refractivity (Wildman–Crippen MR) is 120 cm³/mol. The smallest absolute Gasteiger partial charge is 0.335 e. The number of hydrogen-bond acceptors (Lipinski definition) is 3. The quantitative estimate of drug-likeness (QED) is 0.430. The molecule has 154 valence electrons. The summed E-state index contributed by atoms with van der Waals surface area (Å²) in [6.07, 6.45) is 4.47. The lowest BCUT2D eigenvalue weighted by Gasteiger charge is -2.12. The highest BCUT2D eigenvalue weighted by atomic mass is 35.5. The standard InChI is InChI=1S/C24H20Cl2O4/c1-29-21-7-3-5-17(12-21)15-30-23-19(13-20(25)14-22(23)26)6-2-4-16-8-10-18(11-9-16)24(27)28/h2-3,5-14H,4,15H2,1H3,(H,27,28)/b6-2+. The Morgan fingerprint density at radius 1 is 1.03 bits per heavy atom. The van der Waals surface area contributed by atoms with Gasteiger partial charge in [-0.1, -0.05) is 59.6 Å². The number of allylic oxidation sites excluding steroid dienone is 1. The maximum atomic E-state index is 11.0. The molecule has 0 unspecified atom stereocenters. The number of benzene rings is 3. The lowest BCUT2D eigenvalue weighted by molar-refractivity contribution is 0.0697. The van der Waals surface area contributed by atoms with E-state index in [2.05, 4.69) is 0 Å². The normalized spacial score (nSPS) is 10.9. The van der Waals surface area contributed by atoms with Crippen molar-refractivity contribution in [1.29, 1.82) is 0 Å². The van der Waals surface area contributed by atoms with Crippen molar-refractivity contribution in [3.05, 3.63) is 99.0 Å². The zero-order valence-electron chi connectivity index (χ0n) is 16.3. The summed E-state index contributed by atoms with van der Waals surface area (Å²) in [6.45, 7) is 0.329. The van der Waals surface area contributed by atoms with E-state index in [1.54, 1.807) is 43.5 Å². The summed E-state index contributed by atoms with van der Waals surface area (Å²) in [5.41, 5.74) is 2.96. The summed E-state index contributed by atoms with van der Waals surface area (Å²) < 4.78 is 11.2. The van der Waals surface area contributed by atoms with Crippen LogP contribution in [-0.2, 0) is 13.0 Å². The molecule has 4 nitrogen and oxygen atoms in total. The number of ether oxygens (including phenoxy) is 2. The number of hydrogen-bond donors (Lipinski definition) is 1. The molecule has 30 heavy (non-hydrogen) atoms. The zero-order chi connectivity index (χ0) is 21.5. The second kappa shape index (κ2) is 10.2. The number of carbonyl (C=O) groups is 1. The summed E-state index contributed by atoms with van der Waals surface area (Å²) >= 11 is 12.6. The minimum atomic E-state index is -0.941. The second-order valence-corrected chi connectivity index (χ2v) is 7.40. The number of methoxy groups -OCH3 is 1. The van der Waals surface area contributed by atoms with E-state index in [9.17, 15) is 4.79 Å². The molecule has 3 aromatic carbocycles. The molecule has 0 saturated heterocycles. The van der Waals surface area contributed by atoms with Crippen molar-refractivity contribution in [2.24, 2.45) is 0 Å². The van der Waals surface area contributed by atoms with Crippen LogP contribution in [0.5, 0.6) is 11.5 Å². The molecule has 0 heterocycles. The highest BCUT2D eigenvalue weighted by Gasteiger charge is 2.10. The lowest BCUT2D eigenvalue weighted by atomic mass is 10.1. The van der Waals surface area contributed by atoms with E-state index in [1.165, 1.54) is 0 Å². The topological polar surface area (TPSA) is 55.8 Å². The van der Waals surface area contributed by atoms with Crippen molar-refractivity contribution < 1.29 is 19.4 Å². The first-order valence-corrected chi connectivity index (χ1v) is 9.95. The fraction of sp³-hybridized carbons (Fsp3) is 0.125. The summed E-state index contributed by atoms with van der Waals surface area (Å²) in [5.74, 6) is 0.359. The van der Waals surface area contributed by atoms with E-state index in [1.807, 2.05) is 36.4 Å². The third-order valence-electron chi connectivity index (χ3n) is 4.41. The Morgan fingerprint density at radius 2 is 1.80 bits per heavy atom. The number of carboxylic acid groups (broad SMARTS) is 1. The molecule has 6 heteroatoms. The fourth-order valence-electron chi connectivity index (χ4n) is 2.88. The lowest BCUT2D eigenvalue weighted by Crippen LogP contribution is -1.98. The van der Waals surface area contributed by atoms with Crippen molar-refractivity contribution in [1.82, 2.24) is 0 Å². The average molecular weight is 443 g/mol. The van der Waals surface area contributed by atoms with Crippen LogP contribution in [0.3, 0.4) is 0 Å². The Bertz CT molecular complexity index is 1060. The fourth-order valence-corrected chi connectivity index (χ4v) is 3.44. The van der Waals surface area contributed by atoms with Gasteiger partial charge in [-0.2, -0.15) is 0 Å². The second-order valence-electron chi connectivity index (χ2n) is 6.55. The van der Waals surface area contributed by atoms with E-state index in [0.29, 0.717) is 28.8 Å². The molecule has 0 atom stereocenters. The molecular formula is C24H20Cl2O4. The highest BCUT2D eigenvalue weighted by molar-refractivity contribution is 6.35. The molecule has 3 aromatic rings. The third-order valence-corrected chi connectivity index (χ3v) is 4.91. The minimum absolute atomic E-state index is 0.262. The molecule has 0 spiro atoms. The molecule has 0 saturated carbocycles. The number of aromatic carboxylic acids is 1. The van der Waals surface area contributed by atoms with Gasteiger partial charge in [-0.15, -0.1) is 0 Å². The first kappa shape index (κ1) is 21.8. The number of rotatable bonds is 8. The number of carboxylic acids is 1. The van der Waals surface area contributed by atoms with E-state index in [0.717, 1.165) is 22.4 Å². The van der Waals surface area contributed by atoms with Crippen molar-refractivity contribution in [3.8, 4) is 11.5 Å². The van der Waals surface area contributed by atoms with Gasteiger partial charge in [0.05, 0.1) is 17.7 Å². The largest absolute Gasteiger partial charge is 0.497 e. The Balaban J connectivity index is 1.75.